The van der Waals surface area contributed by atoms with E-state index in [4.69, 9.17) is 11.0 Å². The second kappa shape index (κ2) is 8.55. The van der Waals surface area contributed by atoms with Crippen molar-refractivity contribution in [3.8, 4) is 6.07 Å². The van der Waals surface area contributed by atoms with Crippen LogP contribution in [0.2, 0.25) is 0 Å². The molecule has 0 unspecified atom stereocenters. The molecular formula is C18H14F4N4O3. The van der Waals surface area contributed by atoms with Crippen molar-refractivity contribution in [2.45, 2.75) is 19.1 Å². The summed E-state index contributed by atoms with van der Waals surface area (Å²) in [6.07, 6.45) is -5.24. The Labute approximate surface area is 161 Å². The van der Waals surface area contributed by atoms with Crippen molar-refractivity contribution in [3.63, 3.8) is 0 Å². The highest BCUT2D eigenvalue weighted by Crippen LogP contribution is 2.29. The predicted molar refractivity (Wildman–Crippen MR) is 93.2 cm³/mol. The van der Waals surface area contributed by atoms with Gasteiger partial charge in [0.05, 0.1) is 18.2 Å². The van der Waals surface area contributed by atoms with Gasteiger partial charge in [0, 0.05) is 6.54 Å². The molecular weight excluding hydrogens is 396 g/mol. The van der Waals surface area contributed by atoms with E-state index >= 15 is 0 Å². The average molecular weight is 410 g/mol. The van der Waals surface area contributed by atoms with Crippen molar-refractivity contribution >= 4 is 17.5 Å². The molecule has 0 spiro atoms. The molecule has 29 heavy (non-hydrogen) atoms. The molecule has 2 amide bonds. The molecule has 2 N–H and O–H groups in total. The van der Waals surface area contributed by atoms with Crippen molar-refractivity contribution in [2.75, 3.05) is 11.4 Å². The molecule has 0 atom stereocenters. The van der Waals surface area contributed by atoms with E-state index in [0.717, 1.165) is 11.0 Å². The van der Waals surface area contributed by atoms with Crippen molar-refractivity contribution in [3.05, 3.63) is 63.8 Å². The van der Waals surface area contributed by atoms with Gasteiger partial charge in [0.1, 0.15) is 23.6 Å². The summed E-state index contributed by atoms with van der Waals surface area (Å²) in [6.45, 7) is -1.46. The maximum Gasteiger partial charge on any atom is 0.431 e. The normalized spacial score (nSPS) is 11.0. The molecule has 11 heteroatoms. The van der Waals surface area contributed by atoms with Crippen LogP contribution in [0.15, 0.2) is 41.2 Å². The molecule has 0 aliphatic rings. The number of rotatable bonds is 6. The third-order valence-electron chi connectivity index (χ3n) is 3.92. The first kappa shape index (κ1) is 21.6. The largest absolute Gasteiger partial charge is 0.431 e. The number of nitrogens with two attached hydrogens (primary N) is 1. The highest BCUT2D eigenvalue weighted by atomic mass is 19.4. The number of hydrogen-bond donors (Lipinski definition) is 1. The maximum absolute atomic E-state index is 14.1. The summed E-state index contributed by atoms with van der Waals surface area (Å²) < 4.78 is 54.1. The Morgan fingerprint density at radius 3 is 2.38 bits per heavy atom. The Morgan fingerprint density at radius 2 is 1.83 bits per heavy atom. The molecule has 2 aromatic rings. The van der Waals surface area contributed by atoms with E-state index in [9.17, 15) is 31.9 Å². The van der Waals surface area contributed by atoms with E-state index in [1.54, 1.807) is 6.07 Å². The van der Waals surface area contributed by atoms with Crippen LogP contribution in [0.3, 0.4) is 0 Å². The van der Waals surface area contributed by atoms with Gasteiger partial charge in [-0.1, -0.05) is 12.1 Å². The first-order chi connectivity index (χ1) is 13.6. The number of primary amides is 1. The number of carbonyl (C=O) groups excluding carboxylic acids is 2. The van der Waals surface area contributed by atoms with Crippen LogP contribution in [0.1, 0.15) is 22.5 Å². The van der Waals surface area contributed by atoms with Crippen LogP contribution >= 0.6 is 0 Å². The minimum absolute atomic E-state index is 0.0582. The van der Waals surface area contributed by atoms with E-state index in [1.807, 2.05) is 0 Å². The Hall–Kier alpha value is -3.68. The van der Waals surface area contributed by atoms with Crippen molar-refractivity contribution in [1.29, 1.82) is 5.26 Å². The van der Waals surface area contributed by atoms with Crippen molar-refractivity contribution in [2.24, 2.45) is 5.73 Å². The lowest BCUT2D eigenvalue weighted by Gasteiger charge is -2.24. The van der Waals surface area contributed by atoms with Crippen LogP contribution in [0.4, 0.5) is 23.2 Å². The fourth-order valence-electron chi connectivity index (χ4n) is 2.60. The van der Waals surface area contributed by atoms with Gasteiger partial charge < -0.3 is 10.6 Å². The van der Waals surface area contributed by atoms with Gasteiger partial charge in [0.2, 0.25) is 5.91 Å². The number of nitrogens with zero attached hydrogens (tertiary/aromatic N) is 3. The lowest BCUT2D eigenvalue weighted by molar-refractivity contribution is -0.144. The molecule has 7 nitrogen and oxygen atoms in total. The second-order valence-electron chi connectivity index (χ2n) is 5.79. The molecule has 2 rings (SSSR count). The smallest absolute Gasteiger partial charge is 0.365 e. The number of benzene rings is 1. The number of nitriles is 1. The number of hydrogen-bond acceptors (Lipinski definition) is 4. The van der Waals surface area contributed by atoms with Crippen LogP contribution in [0, 0.1) is 17.1 Å². The third-order valence-corrected chi connectivity index (χ3v) is 3.92. The van der Waals surface area contributed by atoms with Gasteiger partial charge in [-0.15, -0.1) is 0 Å². The van der Waals surface area contributed by atoms with Crippen molar-refractivity contribution < 1.29 is 27.2 Å². The van der Waals surface area contributed by atoms with Gasteiger partial charge in [0.25, 0.3) is 11.5 Å². The van der Waals surface area contributed by atoms with E-state index in [2.05, 4.69) is 0 Å². The molecule has 152 valence electrons. The number of carbonyl (C=O) groups is 2. The topological polar surface area (TPSA) is 109 Å². The molecule has 0 radical (unpaired) electrons. The number of para-hydroxylation sites is 1. The zero-order valence-electron chi connectivity index (χ0n) is 14.7. The Morgan fingerprint density at radius 1 is 1.17 bits per heavy atom. The number of halogens is 4. The standard InChI is InChI=1S/C18H14F4N4O3/c19-12-4-1-2-5-13(12)25(9-3-8-23)15(27)10-26-14(18(20,21)22)7-6-11(16(24)28)17(26)29/h1-2,4-7H,3,9-10H2,(H2,24,28). The first-order valence-electron chi connectivity index (χ1n) is 8.10. The quantitative estimate of drug-likeness (QED) is 0.735. The van der Waals surface area contributed by atoms with Gasteiger partial charge in [-0.25, -0.2) is 4.39 Å². The van der Waals surface area contributed by atoms with Gasteiger partial charge in [-0.2, -0.15) is 18.4 Å². The lowest BCUT2D eigenvalue weighted by Crippen LogP contribution is -2.41. The summed E-state index contributed by atoms with van der Waals surface area (Å²) in [5.41, 5.74) is 1.11. The summed E-state index contributed by atoms with van der Waals surface area (Å²) in [7, 11) is 0. The van der Waals surface area contributed by atoms with E-state index in [-0.39, 0.29) is 23.2 Å². The summed E-state index contributed by atoms with van der Waals surface area (Å²) in [5.74, 6) is -3.19. The average Bonchev–Trinajstić information content (AvgIpc) is 2.63. The number of amides is 2. The molecule has 1 heterocycles. The molecule has 0 aliphatic carbocycles. The van der Waals surface area contributed by atoms with E-state index < -0.39 is 47.2 Å². The highest BCUT2D eigenvalue weighted by molar-refractivity contribution is 5.94. The van der Waals surface area contributed by atoms with Crippen LogP contribution in [0.5, 0.6) is 0 Å². The van der Waals surface area contributed by atoms with E-state index in [1.165, 1.54) is 18.2 Å². The molecule has 0 saturated heterocycles. The maximum atomic E-state index is 14.1. The molecule has 1 aromatic heterocycles. The van der Waals surface area contributed by atoms with Crippen LogP contribution in [0.25, 0.3) is 0 Å². The zero-order valence-corrected chi connectivity index (χ0v) is 14.7. The van der Waals surface area contributed by atoms with Gasteiger partial charge in [0.15, 0.2) is 0 Å². The summed E-state index contributed by atoms with van der Waals surface area (Å²) >= 11 is 0. The van der Waals surface area contributed by atoms with E-state index in [0.29, 0.717) is 12.1 Å². The fraction of sp³-hybridized carbons (Fsp3) is 0.222. The van der Waals surface area contributed by atoms with Gasteiger partial charge in [-0.05, 0) is 24.3 Å². The van der Waals surface area contributed by atoms with Crippen LogP contribution < -0.4 is 16.2 Å². The predicted octanol–water partition coefficient (Wildman–Crippen LogP) is 2.05. The molecule has 0 saturated carbocycles. The van der Waals surface area contributed by atoms with Crippen LogP contribution in [-0.4, -0.2) is 22.9 Å². The minimum atomic E-state index is -5.01. The summed E-state index contributed by atoms with van der Waals surface area (Å²) in [5, 5.41) is 8.76. The monoisotopic (exact) mass is 410 g/mol. The SMILES string of the molecule is N#CCCN(C(=O)Cn1c(C(F)(F)F)ccc(C(N)=O)c1=O)c1ccccc1F. The number of pyridine rings is 1. The fourth-order valence-corrected chi connectivity index (χ4v) is 2.60. The Bertz CT molecular complexity index is 1040. The highest BCUT2D eigenvalue weighted by Gasteiger charge is 2.36. The second-order valence-corrected chi connectivity index (χ2v) is 5.79. The Balaban J connectivity index is 2.55. The number of aromatic nitrogens is 1. The zero-order chi connectivity index (χ0) is 21.8. The lowest BCUT2D eigenvalue weighted by atomic mass is 10.2. The minimum Gasteiger partial charge on any atom is -0.365 e. The summed E-state index contributed by atoms with van der Waals surface area (Å²) in [4.78, 5) is 37.1. The molecule has 0 fully saturated rings. The van der Waals surface area contributed by atoms with Gasteiger partial charge >= 0.3 is 6.18 Å². The van der Waals surface area contributed by atoms with Crippen LogP contribution in [-0.2, 0) is 17.5 Å². The van der Waals surface area contributed by atoms with Crippen molar-refractivity contribution in [1.82, 2.24) is 4.57 Å². The summed E-state index contributed by atoms with van der Waals surface area (Å²) in [6, 6.07) is 7.80. The molecule has 1 aromatic carbocycles. The van der Waals surface area contributed by atoms with Gasteiger partial charge in [-0.3, -0.25) is 19.0 Å². The molecule has 0 bridgehead atoms. The first-order valence-corrected chi connectivity index (χ1v) is 8.10. The number of anilines is 1. The number of alkyl halides is 3. The Kier molecular flexibility index (Phi) is 6.38. The molecule has 0 aliphatic heterocycles. The third kappa shape index (κ3) is 4.78.